The van der Waals surface area contributed by atoms with Crippen molar-refractivity contribution in [1.29, 1.82) is 0 Å². The number of nitrogens with zero attached hydrogens (tertiary/aromatic N) is 1. The maximum absolute atomic E-state index is 13.3. The van der Waals surface area contributed by atoms with Gasteiger partial charge in [0.15, 0.2) is 0 Å². The normalized spacial score (nSPS) is 10.1. The third-order valence-electron chi connectivity index (χ3n) is 2.32. The SMILES string of the molecule is O=C(Cc1ccncc1)Nc1ccc(F)cc1F. The summed E-state index contributed by atoms with van der Waals surface area (Å²) < 4.78 is 26.0. The van der Waals surface area contributed by atoms with E-state index in [1.807, 2.05) is 0 Å². The molecule has 0 aliphatic carbocycles. The lowest BCUT2D eigenvalue weighted by molar-refractivity contribution is -0.115. The molecule has 0 saturated heterocycles. The minimum Gasteiger partial charge on any atom is -0.323 e. The molecular weight excluding hydrogens is 238 g/mol. The third kappa shape index (κ3) is 3.10. The van der Waals surface area contributed by atoms with Gasteiger partial charge in [0.1, 0.15) is 11.6 Å². The molecule has 0 radical (unpaired) electrons. The van der Waals surface area contributed by atoms with E-state index in [1.165, 1.54) is 6.07 Å². The monoisotopic (exact) mass is 248 g/mol. The number of hydrogen-bond acceptors (Lipinski definition) is 2. The molecule has 0 bridgehead atoms. The average Bonchev–Trinajstić information content (AvgIpc) is 2.34. The summed E-state index contributed by atoms with van der Waals surface area (Å²) in [6, 6.07) is 6.39. The summed E-state index contributed by atoms with van der Waals surface area (Å²) in [5.74, 6) is -1.84. The molecule has 0 fully saturated rings. The van der Waals surface area contributed by atoms with Crippen LogP contribution in [0.2, 0.25) is 0 Å². The molecule has 1 aromatic carbocycles. The van der Waals surface area contributed by atoms with E-state index in [0.717, 1.165) is 17.7 Å². The van der Waals surface area contributed by atoms with Crippen molar-refractivity contribution in [3.8, 4) is 0 Å². The molecule has 0 saturated carbocycles. The van der Waals surface area contributed by atoms with Crippen molar-refractivity contribution in [2.45, 2.75) is 6.42 Å². The van der Waals surface area contributed by atoms with Crippen LogP contribution in [0.3, 0.4) is 0 Å². The molecule has 1 aromatic heterocycles. The zero-order valence-electron chi connectivity index (χ0n) is 9.36. The molecule has 18 heavy (non-hydrogen) atoms. The second kappa shape index (κ2) is 5.35. The van der Waals surface area contributed by atoms with E-state index in [9.17, 15) is 13.6 Å². The minimum atomic E-state index is -0.793. The van der Waals surface area contributed by atoms with Gasteiger partial charge in [0.2, 0.25) is 5.91 Å². The Morgan fingerprint density at radius 1 is 1.17 bits per heavy atom. The van der Waals surface area contributed by atoms with Gasteiger partial charge < -0.3 is 5.32 Å². The summed E-state index contributed by atoms with van der Waals surface area (Å²) in [6.07, 6.45) is 3.25. The zero-order valence-corrected chi connectivity index (χ0v) is 9.36. The summed E-state index contributed by atoms with van der Waals surface area (Å²) in [7, 11) is 0. The van der Waals surface area contributed by atoms with Crippen LogP contribution in [-0.2, 0) is 11.2 Å². The van der Waals surface area contributed by atoms with E-state index in [-0.39, 0.29) is 18.0 Å². The third-order valence-corrected chi connectivity index (χ3v) is 2.32. The smallest absolute Gasteiger partial charge is 0.228 e. The van der Waals surface area contributed by atoms with Crippen molar-refractivity contribution in [3.05, 3.63) is 59.9 Å². The van der Waals surface area contributed by atoms with Gasteiger partial charge in [-0.2, -0.15) is 0 Å². The first-order valence-corrected chi connectivity index (χ1v) is 5.29. The van der Waals surface area contributed by atoms with Crippen molar-refractivity contribution in [1.82, 2.24) is 4.98 Å². The number of anilines is 1. The van der Waals surface area contributed by atoms with Gasteiger partial charge in [-0.1, -0.05) is 0 Å². The van der Waals surface area contributed by atoms with Gasteiger partial charge in [-0.3, -0.25) is 9.78 Å². The maximum atomic E-state index is 13.3. The van der Waals surface area contributed by atoms with Gasteiger partial charge in [-0.25, -0.2) is 8.78 Å². The molecule has 2 aromatic rings. The number of carbonyl (C=O) groups excluding carboxylic acids is 1. The summed E-state index contributed by atoms with van der Waals surface area (Å²) in [4.78, 5) is 15.5. The van der Waals surface area contributed by atoms with Gasteiger partial charge in [0, 0.05) is 18.5 Å². The zero-order chi connectivity index (χ0) is 13.0. The Balaban J connectivity index is 2.03. The van der Waals surface area contributed by atoms with Gasteiger partial charge in [0.25, 0.3) is 0 Å². The van der Waals surface area contributed by atoms with Crippen LogP contribution in [-0.4, -0.2) is 10.9 Å². The first-order chi connectivity index (χ1) is 8.65. The highest BCUT2D eigenvalue weighted by atomic mass is 19.1. The maximum Gasteiger partial charge on any atom is 0.228 e. The predicted molar refractivity (Wildman–Crippen MR) is 62.9 cm³/mol. The van der Waals surface area contributed by atoms with Gasteiger partial charge in [0.05, 0.1) is 12.1 Å². The molecular formula is C13H10F2N2O. The lowest BCUT2D eigenvalue weighted by Crippen LogP contribution is -2.15. The molecule has 1 N–H and O–H groups in total. The topological polar surface area (TPSA) is 42.0 Å². The summed E-state index contributed by atoms with van der Waals surface area (Å²) in [6.45, 7) is 0. The number of benzene rings is 1. The van der Waals surface area contributed by atoms with Crippen LogP contribution < -0.4 is 5.32 Å². The fourth-order valence-electron chi connectivity index (χ4n) is 1.47. The van der Waals surface area contributed by atoms with Gasteiger partial charge in [-0.05, 0) is 29.8 Å². The lowest BCUT2D eigenvalue weighted by atomic mass is 10.2. The van der Waals surface area contributed by atoms with E-state index in [0.29, 0.717) is 0 Å². The average molecular weight is 248 g/mol. The summed E-state index contributed by atoms with van der Waals surface area (Å²) in [5.41, 5.74) is 0.737. The van der Waals surface area contributed by atoms with E-state index in [1.54, 1.807) is 24.5 Å². The van der Waals surface area contributed by atoms with Crippen LogP contribution in [0.1, 0.15) is 5.56 Å². The molecule has 0 unspecified atom stereocenters. The van der Waals surface area contributed by atoms with Crippen LogP contribution in [0.25, 0.3) is 0 Å². The van der Waals surface area contributed by atoms with Crippen molar-refractivity contribution < 1.29 is 13.6 Å². The molecule has 0 aliphatic rings. The molecule has 1 heterocycles. The summed E-state index contributed by atoms with van der Waals surface area (Å²) in [5, 5.41) is 2.38. The van der Waals surface area contributed by atoms with Crippen molar-refractivity contribution in [2.75, 3.05) is 5.32 Å². The van der Waals surface area contributed by atoms with E-state index in [4.69, 9.17) is 0 Å². The van der Waals surface area contributed by atoms with E-state index >= 15 is 0 Å². The molecule has 0 atom stereocenters. The number of halogens is 2. The van der Waals surface area contributed by atoms with E-state index < -0.39 is 11.6 Å². The predicted octanol–water partition coefficient (Wildman–Crippen LogP) is 2.54. The Hall–Kier alpha value is -2.30. The van der Waals surface area contributed by atoms with Crippen LogP contribution in [0.5, 0.6) is 0 Å². The Bertz CT molecular complexity index is 558. The second-order valence-electron chi connectivity index (χ2n) is 3.70. The number of aromatic nitrogens is 1. The largest absolute Gasteiger partial charge is 0.323 e. The minimum absolute atomic E-state index is 0.0320. The molecule has 0 aliphatic heterocycles. The van der Waals surface area contributed by atoms with Crippen LogP contribution in [0.4, 0.5) is 14.5 Å². The number of pyridine rings is 1. The number of amides is 1. The standard InChI is InChI=1S/C13H10F2N2O/c14-10-1-2-12(11(15)8-10)17-13(18)7-9-3-5-16-6-4-9/h1-6,8H,7H2,(H,17,18). The Morgan fingerprint density at radius 3 is 2.56 bits per heavy atom. The van der Waals surface area contributed by atoms with Crippen LogP contribution >= 0.6 is 0 Å². The molecule has 2 rings (SSSR count). The quantitative estimate of drug-likeness (QED) is 0.906. The Morgan fingerprint density at radius 2 is 1.89 bits per heavy atom. The van der Waals surface area contributed by atoms with Gasteiger partial charge in [-0.15, -0.1) is 0 Å². The van der Waals surface area contributed by atoms with Crippen molar-refractivity contribution in [2.24, 2.45) is 0 Å². The first kappa shape index (κ1) is 12.2. The fraction of sp³-hybridized carbons (Fsp3) is 0.0769. The molecule has 1 amide bonds. The number of carbonyl (C=O) groups is 1. The summed E-state index contributed by atoms with van der Waals surface area (Å²) >= 11 is 0. The Kier molecular flexibility index (Phi) is 3.62. The number of nitrogens with one attached hydrogen (secondary N) is 1. The first-order valence-electron chi connectivity index (χ1n) is 5.29. The van der Waals surface area contributed by atoms with Crippen molar-refractivity contribution in [3.63, 3.8) is 0 Å². The second-order valence-corrected chi connectivity index (χ2v) is 3.70. The Labute approximate surface area is 102 Å². The molecule has 3 nitrogen and oxygen atoms in total. The molecule has 5 heteroatoms. The molecule has 92 valence electrons. The fourth-order valence-corrected chi connectivity index (χ4v) is 1.47. The van der Waals surface area contributed by atoms with Crippen LogP contribution in [0.15, 0.2) is 42.7 Å². The number of rotatable bonds is 3. The lowest BCUT2D eigenvalue weighted by Gasteiger charge is -2.06. The number of hydrogen-bond donors (Lipinski definition) is 1. The highest BCUT2D eigenvalue weighted by molar-refractivity contribution is 5.92. The van der Waals surface area contributed by atoms with Crippen LogP contribution in [0, 0.1) is 11.6 Å². The van der Waals surface area contributed by atoms with Crippen molar-refractivity contribution >= 4 is 11.6 Å². The highest BCUT2D eigenvalue weighted by Gasteiger charge is 2.08. The van der Waals surface area contributed by atoms with E-state index in [2.05, 4.69) is 10.3 Å². The highest BCUT2D eigenvalue weighted by Crippen LogP contribution is 2.15. The van der Waals surface area contributed by atoms with Gasteiger partial charge >= 0.3 is 0 Å². The molecule has 0 spiro atoms.